The number of fused-ring (bicyclic) bond motifs is 2. The van der Waals surface area contributed by atoms with Gasteiger partial charge in [-0.1, -0.05) is 0 Å². The van der Waals surface area contributed by atoms with Crippen LogP contribution in [-0.2, 0) is 6.42 Å². The molecule has 0 bridgehead atoms. The first kappa shape index (κ1) is 19.1. The van der Waals surface area contributed by atoms with E-state index in [0.29, 0.717) is 34.9 Å². The van der Waals surface area contributed by atoms with Crippen LogP contribution in [0.25, 0.3) is 33.6 Å². The van der Waals surface area contributed by atoms with E-state index < -0.39 is 5.82 Å². The molecule has 5 rings (SSSR count). The number of anilines is 1. The maximum Gasteiger partial charge on any atom is 0.166 e. The summed E-state index contributed by atoms with van der Waals surface area (Å²) in [5, 5.41) is 4.50. The SMILES string of the molecule is CC(C)n1cnc2c(NCCc3c[nH]c4ncccc34)nc(-c3cncc(F)c3)nc21. The van der Waals surface area contributed by atoms with Gasteiger partial charge in [-0.25, -0.2) is 24.3 Å². The summed E-state index contributed by atoms with van der Waals surface area (Å²) >= 11 is 0. The molecule has 0 radical (unpaired) electrons. The second-order valence-corrected chi connectivity index (χ2v) is 7.60. The standard InChI is InChI=1S/C22H21FN8/c1-13(2)31-12-28-18-21(26-7-5-14-10-27-20-17(14)4-3-6-25-20)29-19(30-22(18)31)15-8-16(23)11-24-9-15/h3-4,6,8-13H,5,7H2,1-2H3,(H,25,27)(H,26,29,30). The highest BCUT2D eigenvalue weighted by molar-refractivity contribution is 5.85. The summed E-state index contributed by atoms with van der Waals surface area (Å²) in [6, 6.07) is 5.53. The summed E-state index contributed by atoms with van der Waals surface area (Å²) in [7, 11) is 0. The molecule has 0 spiro atoms. The molecule has 5 aromatic heterocycles. The maximum absolute atomic E-state index is 13.7. The molecule has 156 valence electrons. The van der Waals surface area contributed by atoms with E-state index in [1.807, 2.05) is 16.8 Å². The fraction of sp³-hybridized carbons (Fsp3) is 0.227. The van der Waals surface area contributed by atoms with Crippen LogP contribution in [0, 0.1) is 5.82 Å². The van der Waals surface area contributed by atoms with Gasteiger partial charge in [0.1, 0.15) is 17.0 Å². The minimum absolute atomic E-state index is 0.171. The van der Waals surface area contributed by atoms with Gasteiger partial charge in [-0.3, -0.25) is 4.98 Å². The summed E-state index contributed by atoms with van der Waals surface area (Å²) in [5.41, 5.74) is 3.94. The van der Waals surface area contributed by atoms with E-state index in [1.165, 1.54) is 11.6 Å². The quantitative estimate of drug-likeness (QED) is 0.432. The van der Waals surface area contributed by atoms with Crippen LogP contribution in [0.3, 0.4) is 0 Å². The smallest absolute Gasteiger partial charge is 0.166 e. The Kier molecular flexibility index (Phi) is 4.78. The Balaban J connectivity index is 1.49. The van der Waals surface area contributed by atoms with Crippen LogP contribution in [0.15, 0.2) is 49.3 Å². The summed E-state index contributed by atoms with van der Waals surface area (Å²) in [6.45, 7) is 4.76. The summed E-state index contributed by atoms with van der Waals surface area (Å²) in [5.74, 6) is 0.586. The average molecular weight is 416 g/mol. The first-order valence-corrected chi connectivity index (χ1v) is 10.1. The molecular weight excluding hydrogens is 395 g/mol. The lowest BCUT2D eigenvalue weighted by molar-refractivity contribution is 0.612. The van der Waals surface area contributed by atoms with Crippen LogP contribution >= 0.6 is 0 Å². The third-order valence-electron chi connectivity index (χ3n) is 5.16. The summed E-state index contributed by atoms with van der Waals surface area (Å²) in [4.78, 5) is 25.3. The molecule has 0 aromatic carbocycles. The third kappa shape index (κ3) is 3.58. The molecule has 5 heterocycles. The molecule has 0 unspecified atom stereocenters. The highest BCUT2D eigenvalue weighted by atomic mass is 19.1. The van der Waals surface area contributed by atoms with Crippen molar-refractivity contribution in [3.05, 3.63) is 60.7 Å². The van der Waals surface area contributed by atoms with E-state index in [9.17, 15) is 4.39 Å². The molecule has 0 saturated carbocycles. The van der Waals surface area contributed by atoms with Crippen LogP contribution in [0.2, 0.25) is 0 Å². The Hall–Kier alpha value is -3.88. The minimum Gasteiger partial charge on any atom is -0.368 e. The minimum atomic E-state index is -0.430. The van der Waals surface area contributed by atoms with Gasteiger partial charge in [0.25, 0.3) is 0 Å². The van der Waals surface area contributed by atoms with E-state index in [0.717, 1.165) is 23.7 Å². The van der Waals surface area contributed by atoms with Gasteiger partial charge in [0, 0.05) is 42.1 Å². The number of nitrogens with zero attached hydrogens (tertiary/aromatic N) is 6. The van der Waals surface area contributed by atoms with Crippen molar-refractivity contribution in [3.63, 3.8) is 0 Å². The molecule has 0 amide bonds. The predicted molar refractivity (Wildman–Crippen MR) is 117 cm³/mol. The van der Waals surface area contributed by atoms with Gasteiger partial charge in [0.2, 0.25) is 0 Å². The molecular formula is C22H21FN8. The van der Waals surface area contributed by atoms with Gasteiger partial charge in [0.15, 0.2) is 17.3 Å². The molecule has 5 aromatic rings. The van der Waals surface area contributed by atoms with E-state index >= 15 is 0 Å². The van der Waals surface area contributed by atoms with Crippen molar-refractivity contribution in [2.45, 2.75) is 26.3 Å². The highest BCUT2D eigenvalue weighted by Crippen LogP contribution is 2.26. The molecule has 2 N–H and O–H groups in total. The van der Waals surface area contributed by atoms with Crippen molar-refractivity contribution in [1.82, 2.24) is 34.5 Å². The Morgan fingerprint density at radius 1 is 1.19 bits per heavy atom. The van der Waals surface area contributed by atoms with Gasteiger partial charge in [-0.2, -0.15) is 0 Å². The van der Waals surface area contributed by atoms with Crippen LogP contribution in [0.1, 0.15) is 25.5 Å². The number of hydrogen-bond donors (Lipinski definition) is 2. The molecule has 0 fully saturated rings. The van der Waals surface area contributed by atoms with Gasteiger partial charge < -0.3 is 14.9 Å². The third-order valence-corrected chi connectivity index (χ3v) is 5.16. The lowest BCUT2D eigenvalue weighted by Gasteiger charge is -2.11. The van der Waals surface area contributed by atoms with E-state index in [2.05, 4.69) is 55.1 Å². The largest absolute Gasteiger partial charge is 0.368 e. The molecule has 0 atom stereocenters. The van der Waals surface area contributed by atoms with Gasteiger partial charge in [-0.15, -0.1) is 0 Å². The molecule has 0 aliphatic rings. The lowest BCUT2D eigenvalue weighted by Crippen LogP contribution is -2.09. The van der Waals surface area contributed by atoms with Crippen molar-refractivity contribution in [1.29, 1.82) is 0 Å². The zero-order valence-corrected chi connectivity index (χ0v) is 17.2. The van der Waals surface area contributed by atoms with E-state index in [1.54, 1.807) is 18.7 Å². The van der Waals surface area contributed by atoms with Gasteiger partial charge in [0.05, 0.1) is 12.5 Å². The molecule has 8 nitrogen and oxygen atoms in total. The number of pyridine rings is 2. The highest BCUT2D eigenvalue weighted by Gasteiger charge is 2.16. The molecule has 0 aliphatic carbocycles. The van der Waals surface area contributed by atoms with Crippen LogP contribution in [0.5, 0.6) is 0 Å². The molecule has 0 aliphatic heterocycles. The van der Waals surface area contributed by atoms with Gasteiger partial charge >= 0.3 is 0 Å². The average Bonchev–Trinajstić information content (AvgIpc) is 3.38. The number of halogens is 1. The number of aromatic amines is 1. The second-order valence-electron chi connectivity index (χ2n) is 7.60. The number of nitrogens with one attached hydrogen (secondary N) is 2. The number of imidazole rings is 1. The zero-order chi connectivity index (χ0) is 21.4. The normalized spacial score (nSPS) is 11.6. The van der Waals surface area contributed by atoms with Gasteiger partial charge in [-0.05, 0) is 44.0 Å². The fourth-order valence-electron chi connectivity index (χ4n) is 3.62. The summed E-state index contributed by atoms with van der Waals surface area (Å²) in [6.07, 6.45) is 9.00. The van der Waals surface area contributed by atoms with Crippen molar-refractivity contribution in [2.75, 3.05) is 11.9 Å². The van der Waals surface area contributed by atoms with Crippen molar-refractivity contribution >= 4 is 28.0 Å². The number of rotatable bonds is 6. The number of aromatic nitrogens is 7. The van der Waals surface area contributed by atoms with Crippen LogP contribution in [0.4, 0.5) is 10.2 Å². The first-order chi connectivity index (χ1) is 15.1. The Morgan fingerprint density at radius 2 is 2.10 bits per heavy atom. The van der Waals surface area contributed by atoms with E-state index in [-0.39, 0.29) is 6.04 Å². The topological polar surface area (TPSA) is 97.2 Å². The second kappa shape index (κ2) is 7.75. The zero-order valence-electron chi connectivity index (χ0n) is 17.2. The maximum atomic E-state index is 13.7. The van der Waals surface area contributed by atoms with Crippen molar-refractivity contribution in [3.8, 4) is 11.4 Å². The Morgan fingerprint density at radius 3 is 2.94 bits per heavy atom. The van der Waals surface area contributed by atoms with Crippen LogP contribution < -0.4 is 5.32 Å². The summed E-state index contributed by atoms with van der Waals surface area (Å²) < 4.78 is 15.7. The van der Waals surface area contributed by atoms with Crippen LogP contribution in [-0.4, -0.2) is 41.0 Å². The number of H-pyrrole nitrogens is 1. The molecule has 9 heteroatoms. The number of hydrogen-bond acceptors (Lipinski definition) is 6. The van der Waals surface area contributed by atoms with Crippen molar-refractivity contribution < 1.29 is 4.39 Å². The Bertz CT molecular complexity index is 1370. The van der Waals surface area contributed by atoms with Crippen molar-refractivity contribution in [2.24, 2.45) is 0 Å². The fourth-order valence-corrected chi connectivity index (χ4v) is 3.62. The van der Waals surface area contributed by atoms with E-state index in [4.69, 9.17) is 0 Å². The lowest BCUT2D eigenvalue weighted by atomic mass is 10.1. The molecule has 31 heavy (non-hydrogen) atoms. The monoisotopic (exact) mass is 416 g/mol. The molecule has 0 saturated heterocycles. The Labute approximate surface area is 177 Å². The first-order valence-electron chi connectivity index (χ1n) is 10.1. The predicted octanol–water partition coefficient (Wildman–Crippen LogP) is 4.14.